The molecule has 2 aromatic rings. The van der Waals surface area contributed by atoms with Gasteiger partial charge in [0.1, 0.15) is 0 Å². The Balaban J connectivity index is 2.04. The third kappa shape index (κ3) is 5.83. The summed E-state index contributed by atoms with van der Waals surface area (Å²) in [5.41, 5.74) is 1.49. The molecular weight excluding hydrogens is 382 g/mol. The smallest absolute Gasteiger partial charge is 0.330 e. The summed E-state index contributed by atoms with van der Waals surface area (Å²) < 4.78 is 42.6. The molecule has 28 heavy (non-hydrogen) atoms. The van der Waals surface area contributed by atoms with E-state index in [0.29, 0.717) is 23.5 Å². The zero-order valence-corrected chi connectivity index (χ0v) is 16.8. The summed E-state index contributed by atoms with van der Waals surface area (Å²) in [6.07, 6.45) is 3.21. The molecule has 1 N–H and O–H groups in total. The Hall–Kier alpha value is -2.84. The van der Waals surface area contributed by atoms with Crippen LogP contribution in [0.3, 0.4) is 0 Å². The van der Waals surface area contributed by atoms with Crippen molar-refractivity contribution in [3.63, 3.8) is 0 Å². The molecule has 0 aliphatic rings. The van der Waals surface area contributed by atoms with Crippen LogP contribution in [-0.4, -0.2) is 42.3 Å². The molecule has 0 spiro atoms. The third-order valence-electron chi connectivity index (χ3n) is 3.94. The van der Waals surface area contributed by atoms with Crippen LogP contribution in [0.2, 0.25) is 0 Å². The monoisotopic (exact) mass is 405 g/mol. The van der Waals surface area contributed by atoms with Crippen molar-refractivity contribution in [2.24, 2.45) is 0 Å². The van der Waals surface area contributed by atoms with E-state index in [1.54, 1.807) is 32.4 Å². The van der Waals surface area contributed by atoms with E-state index in [-0.39, 0.29) is 11.4 Å². The van der Waals surface area contributed by atoms with Crippen LogP contribution >= 0.6 is 0 Å². The molecule has 0 amide bonds. The van der Waals surface area contributed by atoms with E-state index < -0.39 is 16.0 Å². The van der Waals surface area contributed by atoms with Gasteiger partial charge < -0.3 is 14.2 Å². The van der Waals surface area contributed by atoms with Crippen molar-refractivity contribution in [2.75, 3.05) is 27.9 Å². The fraction of sp³-hybridized carbons (Fsp3) is 0.250. The van der Waals surface area contributed by atoms with Crippen LogP contribution in [0.1, 0.15) is 11.1 Å². The molecule has 0 atom stereocenters. The first-order valence-corrected chi connectivity index (χ1v) is 9.94. The Bertz CT molecular complexity index is 953. The standard InChI is InChI=1S/C20H23NO6S/c1-25-18-9-7-16(14-19(18)26-2)11-12-21-28(23,24)17-6-4-5-15(13-17)8-10-20(22)27-3/h4-10,13-14,21H,11-12H2,1-3H3/b10-8+. The van der Waals surface area contributed by atoms with E-state index in [1.165, 1.54) is 31.4 Å². The van der Waals surface area contributed by atoms with Gasteiger partial charge in [0, 0.05) is 12.6 Å². The number of ether oxygens (including phenoxy) is 3. The zero-order chi connectivity index (χ0) is 20.6. The van der Waals surface area contributed by atoms with Crippen molar-refractivity contribution in [3.05, 3.63) is 59.7 Å². The molecule has 2 aromatic carbocycles. The summed E-state index contributed by atoms with van der Waals surface area (Å²) in [7, 11) is 0.695. The normalized spacial score (nSPS) is 11.4. The van der Waals surface area contributed by atoms with Crippen LogP contribution in [0.5, 0.6) is 11.5 Å². The summed E-state index contributed by atoms with van der Waals surface area (Å²) in [5.74, 6) is 0.693. The highest BCUT2D eigenvalue weighted by atomic mass is 32.2. The number of hydrogen-bond acceptors (Lipinski definition) is 6. The summed E-state index contributed by atoms with van der Waals surface area (Å²) in [5, 5.41) is 0. The average molecular weight is 405 g/mol. The minimum atomic E-state index is -3.68. The summed E-state index contributed by atoms with van der Waals surface area (Å²) in [6, 6.07) is 11.7. The zero-order valence-electron chi connectivity index (χ0n) is 16.0. The number of methoxy groups -OCH3 is 3. The van der Waals surface area contributed by atoms with Crippen molar-refractivity contribution in [1.82, 2.24) is 4.72 Å². The maximum absolute atomic E-state index is 12.5. The molecular formula is C20H23NO6S. The highest BCUT2D eigenvalue weighted by molar-refractivity contribution is 7.89. The second kappa shape index (κ2) is 9.91. The fourth-order valence-corrected chi connectivity index (χ4v) is 3.55. The van der Waals surface area contributed by atoms with Crippen LogP contribution in [-0.2, 0) is 26.0 Å². The largest absolute Gasteiger partial charge is 0.493 e. The van der Waals surface area contributed by atoms with Gasteiger partial charge in [0.25, 0.3) is 0 Å². The van der Waals surface area contributed by atoms with Gasteiger partial charge in [-0.25, -0.2) is 17.9 Å². The van der Waals surface area contributed by atoms with Gasteiger partial charge in [0.2, 0.25) is 10.0 Å². The second-order valence-electron chi connectivity index (χ2n) is 5.77. The number of sulfonamides is 1. The van der Waals surface area contributed by atoms with E-state index >= 15 is 0 Å². The Morgan fingerprint density at radius 1 is 1.04 bits per heavy atom. The quantitative estimate of drug-likeness (QED) is 0.509. The first-order chi connectivity index (χ1) is 13.4. The fourth-order valence-electron chi connectivity index (χ4n) is 2.47. The van der Waals surface area contributed by atoms with E-state index in [2.05, 4.69) is 9.46 Å². The third-order valence-corrected chi connectivity index (χ3v) is 5.39. The summed E-state index contributed by atoms with van der Waals surface area (Å²) >= 11 is 0. The lowest BCUT2D eigenvalue weighted by Gasteiger charge is -2.10. The van der Waals surface area contributed by atoms with E-state index in [0.717, 1.165) is 5.56 Å². The van der Waals surface area contributed by atoms with Gasteiger partial charge in [0.15, 0.2) is 11.5 Å². The number of nitrogens with one attached hydrogen (secondary N) is 1. The first kappa shape index (κ1) is 21.5. The van der Waals surface area contributed by atoms with E-state index in [4.69, 9.17) is 9.47 Å². The Morgan fingerprint density at radius 2 is 1.79 bits per heavy atom. The Morgan fingerprint density at radius 3 is 2.46 bits per heavy atom. The molecule has 7 nitrogen and oxygen atoms in total. The molecule has 0 heterocycles. The summed E-state index contributed by atoms with van der Waals surface area (Å²) in [6.45, 7) is 0.222. The van der Waals surface area contributed by atoms with Crippen molar-refractivity contribution in [1.29, 1.82) is 0 Å². The number of esters is 1. The molecule has 0 radical (unpaired) electrons. The molecule has 0 fully saturated rings. The second-order valence-corrected chi connectivity index (χ2v) is 7.53. The van der Waals surface area contributed by atoms with Crippen LogP contribution in [0.4, 0.5) is 0 Å². The number of rotatable bonds is 9. The van der Waals surface area contributed by atoms with Crippen LogP contribution in [0.25, 0.3) is 6.08 Å². The van der Waals surface area contributed by atoms with Gasteiger partial charge in [-0.1, -0.05) is 18.2 Å². The van der Waals surface area contributed by atoms with Gasteiger partial charge in [-0.15, -0.1) is 0 Å². The van der Waals surface area contributed by atoms with E-state index in [9.17, 15) is 13.2 Å². The molecule has 2 rings (SSSR count). The highest BCUT2D eigenvalue weighted by Crippen LogP contribution is 2.27. The Kier molecular flexibility index (Phi) is 7.60. The lowest BCUT2D eigenvalue weighted by molar-refractivity contribution is -0.134. The minimum absolute atomic E-state index is 0.117. The van der Waals surface area contributed by atoms with Gasteiger partial charge in [0.05, 0.1) is 26.2 Å². The molecule has 150 valence electrons. The molecule has 0 aliphatic heterocycles. The SMILES string of the molecule is COC(=O)/C=C/c1cccc(S(=O)(=O)NCCc2ccc(OC)c(OC)c2)c1. The average Bonchev–Trinajstić information content (AvgIpc) is 2.71. The predicted molar refractivity (Wildman–Crippen MR) is 106 cm³/mol. The molecule has 0 aromatic heterocycles. The number of benzene rings is 2. The first-order valence-electron chi connectivity index (χ1n) is 8.46. The highest BCUT2D eigenvalue weighted by Gasteiger charge is 2.14. The van der Waals surface area contributed by atoms with Crippen molar-refractivity contribution < 1.29 is 27.4 Å². The van der Waals surface area contributed by atoms with Crippen LogP contribution in [0, 0.1) is 0 Å². The lowest BCUT2D eigenvalue weighted by Crippen LogP contribution is -2.26. The Labute approximate surface area is 165 Å². The van der Waals surface area contributed by atoms with Gasteiger partial charge >= 0.3 is 5.97 Å². The number of carbonyl (C=O) groups excluding carboxylic acids is 1. The van der Waals surface area contributed by atoms with Gasteiger partial charge in [-0.3, -0.25) is 0 Å². The van der Waals surface area contributed by atoms with Gasteiger partial charge in [-0.05, 0) is 47.9 Å². The van der Waals surface area contributed by atoms with Gasteiger partial charge in [-0.2, -0.15) is 0 Å². The number of hydrogen-bond donors (Lipinski definition) is 1. The summed E-state index contributed by atoms with van der Waals surface area (Å²) in [4.78, 5) is 11.3. The van der Waals surface area contributed by atoms with Crippen molar-refractivity contribution >= 4 is 22.1 Å². The van der Waals surface area contributed by atoms with E-state index in [1.807, 2.05) is 12.1 Å². The molecule has 8 heteroatoms. The topological polar surface area (TPSA) is 90.9 Å². The van der Waals surface area contributed by atoms with Crippen LogP contribution in [0.15, 0.2) is 53.4 Å². The molecule has 0 bridgehead atoms. The lowest BCUT2D eigenvalue weighted by atomic mass is 10.1. The molecule has 0 saturated carbocycles. The maximum atomic E-state index is 12.5. The van der Waals surface area contributed by atoms with Crippen LogP contribution < -0.4 is 14.2 Å². The van der Waals surface area contributed by atoms with Crippen molar-refractivity contribution in [3.8, 4) is 11.5 Å². The van der Waals surface area contributed by atoms with Crippen molar-refractivity contribution in [2.45, 2.75) is 11.3 Å². The maximum Gasteiger partial charge on any atom is 0.330 e. The number of carbonyl (C=O) groups is 1. The molecule has 0 unspecified atom stereocenters. The molecule has 0 aliphatic carbocycles. The predicted octanol–water partition coefficient (Wildman–Crippen LogP) is 2.41. The molecule has 0 saturated heterocycles. The minimum Gasteiger partial charge on any atom is -0.493 e.